The number of aryl methyl sites for hydroxylation is 1. The Labute approximate surface area is 140 Å². The molecule has 0 saturated carbocycles. The number of nitrogens with zero attached hydrogens (tertiary/aromatic N) is 5. The Bertz CT molecular complexity index is 623. The molecule has 0 unspecified atom stereocenters. The van der Waals surface area contributed by atoms with Crippen LogP contribution in [0.4, 0.5) is 0 Å². The standard InChI is InChI=1S/C15H22N6OS/c1-11-6-18-12(7-17-11)10-23-15-20-19-14(8-16-2)21(15)9-13-4-3-5-22-13/h6-7,13,16H,3-5,8-10H2,1-2H3/t13-/m0/s1. The van der Waals surface area contributed by atoms with Crippen LogP contribution in [0.25, 0.3) is 0 Å². The van der Waals surface area contributed by atoms with Gasteiger partial charge in [0.25, 0.3) is 0 Å². The predicted octanol–water partition coefficient (Wildman–Crippen LogP) is 1.57. The summed E-state index contributed by atoms with van der Waals surface area (Å²) in [5.74, 6) is 1.68. The highest BCUT2D eigenvalue weighted by Crippen LogP contribution is 2.23. The molecule has 0 spiro atoms. The van der Waals surface area contributed by atoms with Crippen molar-refractivity contribution in [2.24, 2.45) is 0 Å². The molecular formula is C15H22N6OS. The van der Waals surface area contributed by atoms with Gasteiger partial charge in [0.1, 0.15) is 5.82 Å². The van der Waals surface area contributed by atoms with Gasteiger partial charge in [-0.05, 0) is 26.8 Å². The van der Waals surface area contributed by atoms with Crippen molar-refractivity contribution in [3.05, 3.63) is 29.6 Å². The monoisotopic (exact) mass is 334 g/mol. The highest BCUT2D eigenvalue weighted by molar-refractivity contribution is 7.98. The fourth-order valence-electron chi connectivity index (χ4n) is 2.52. The number of nitrogens with one attached hydrogen (secondary N) is 1. The van der Waals surface area contributed by atoms with Crippen LogP contribution in [0, 0.1) is 6.92 Å². The van der Waals surface area contributed by atoms with Crippen LogP contribution in [0.3, 0.4) is 0 Å². The van der Waals surface area contributed by atoms with Crippen LogP contribution in [0.15, 0.2) is 17.6 Å². The molecule has 1 fully saturated rings. The third-order valence-corrected chi connectivity index (χ3v) is 4.72. The van der Waals surface area contributed by atoms with Gasteiger partial charge in [0, 0.05) is 24.8 Å². The van der Waals surface area contributed by atoms with Gasteiger partial charge in [-0.25, -0.2) is 0 Å². The number of hydrogen-bond acceptors (Lipinski definition) is 7. The van der Waals surface area contributed by atoms with Crippen LogP contribution >= 0.6 is 11.8 Å². The van der Waals surface area contributed by atoms with Crippen molar-refractivity contribution < 1.29 is 4.74 Å². The molecule has 0 amide bonds. The van der Waals surface area contributed by atoms with E-state index in [1.165, 1.54) is 0 Å². The van der Waals surface area contributed by atoms with Crippen molar-refractivity contribution in [1.29, 1.82) is 0 Å². The summed E-state index contributed by atoms with van der Waals surface area (Å²) in [6.07, 6.45) is 6.11. The van der Waals surface area contributed by atoms with Crippen molar-refractivity contribution in [2.45, 2.75) is 49.9 Å². The fraction of sp³-hybridized carbons (Fsp3) is 0.600. The minimum Gasteiger partial charge on any atom is -0.376 e. The van der Waals surface area contributed by atoms with Crippen molar-refractivity contribution in [3.8, 4) is 0 Å². The van der Waals surface area contributed by atoms with Gasteiger partial charge < -0.3 is 14.6 Å². The fourth-order valence-corrected chi connectivity index (χ4v) is 3.38. The van der Waals surface area contributed by atoms with E-state index in [2.05, 4.69) is 30.0 Å². The molecule has 1 aliphatic heterocycles. The predicted molar refractivity (Wildman–Crippen MR) is 88.1 cm³/mol. The van der Waals surface area contributed by atoms with Gasteiger partial charge in [-0.1, -0.05) is 11.8 Å². The molecule has 2 aromatic rings. The molecule has 23 heavy (non-hydrogen) atoms. The SMILES string of the molecule is CNCc1nnc(SCc2cnc(C)cn2)n1C[C@@H]1CCCO1. The zero-order valence-electron chi connectivity index (χ0n) is 13.5. The molecule has 1 aliphatic rings. The first-order valence-electron chi connectivity index (χ1n) is 7.85. The minimum atomic E-state index is 0.264. The second-order valence-electron chi connectivity index (χ2n) is 5.61. The van der Waals surface area contributed by atoms with Gasteiger partial charge in [-0.15, -0.1) is 10.2 Å². The quantitative estimate of drug-likeness (QED) is 0.770. The second-order valence-corrected chi connectivity index (χ2v) is 6.56. The van der Waals surface area contributed by atoms with E-state index in [4.69, 9.17) is 4.74 Å². The average molecular weight is 334 g/mol. The van der Waals surface area contributed by atoms with Gasteiger partial charge in [0.15, 0.2) is 5.16 Å². The number of hydrogen-bond donors (Lipinski definition) is 1. The topological polar surface area (TPSA) is 77.8 Å². The number of rotatable bonds is 7. The highest BCUT2D eigenvalue weighted by Gasteiger charge is 2.20. The Morgan fingerprint density at radius 3 is 2.96 bits per heavy atom. The maximum Gasteiger partial charge on any atom is 0.191 e. The maximum atomic E-state index is 5.76. The Morgan fingerprint density at radius 2 is 2.26 bits per heavy atom. The zero-order valence-corrected chi connectivity index (χ0v) is 14.3. The minimum absolute atomic E-state index is 0.264. The molecule has 124 valence electrons. The van der Waals surface area contributed by atoms with E-state index in [9.17, 15) is 0 Å². The van der Waals surface area contributed by atoms with Crippen LogP contribution in [0.5, 0.6) is 0 Å². The van der Waals surface area contributed by atoms with E-state index in [1.807, 2.05) is 20.2 Å². The van der Waals surface area contributed by atoms with E-state index in [1.54, 1.807) is 18.0 Å². The molecule has 7 nitrogen and oxygen atoms in total. The summed E-state index contributed by atoms with van der Waals surface area (Å²) in [6, 6.07) is 0. The van der Waals surface area contributed by atoms with Gasteiger partial charge >= 0.3 is 0 Å². The Balaban J connectivity index is 1.70. The van der Waals surface area contributed by atoms with Crippen molar-refractivity contribution in [1.82, 2.24) is 30.0 Å². The lowest BCUT2D eigenvalue weighted by Gasteiger charge is -2.14. The molecule has 0 aromatic carbocycles. The van der Waals surface area contributed by atoms with E-state index in [0.717, 1.165) is 54.1 Å². The molecule has 0 bridgehead atoms. The van der Waals surface area contributed by atoms with Crippen LogP contribution in [0.2, 0.25) is 0 Å². The summed E-state index contributed by atoms with van der Waals surface area (Å²) in [6.45, 7) is 4.30. The third-order valence-electron chi connectivity index (χ3n) is 3.72. The molecule has 0 radical (unpaired) electrons. The van der Waals surface area contributed by atoms with Crippen LogP contribution in [-0.2, 0) is 23.6 Å². The molecule has 0 aliphatic carbocycles. The first-order chi connectivity index (χ1) is 11.3. The summed E-state index contributed by atoms with van der Waals surface area (Å²) in [4.78, 5) is 8.67. The van der Waals surface area contributed by atoms with Crippen molar-refractivity contribution >= 4 is 11.8 Å². The Morgan fingerprint density at radius 1 is 1.35 bits per heavy atom. The van der Waals surface area contributed by atoms with E-state index >= 15 is 0 Å². The lowest BCUT2D eigenvalue weighted by Crippen LogP contribution is -2.20. The van der Waals surface area contributed by atoms with Crippen LogP contribution in [0.1, 0.15) is 30.1 Å². The number of ether oxygens (including phenoxy) is 1. The summed E-state index contributed by atoms with van der Waals surface area (Å²) < 4.78 is 7.93. The summed E-state index contributed by atoms with van der Waals surface area (Å²) in [5, 5.41) is 12.7. The van der Waals surface area contributed by atoms with Crippen molar-refractivity contribution in [2.75, 3.05) is 13.7 Å². The molecule has 2 aromatic heterocycles. The van der Waals surface area contributed by atoms with Crippen LogP contribution < -0.4 is 5.32 Å². The summed E-state index contributed by atoms with van der Waals surface area (Å²) >= 11 is 1.64. The lowest BCUT2D eigenvalue weighted by atomic mass is 10.2. The van der Waals surface area contributed by atoms with E-state index < -0.39 is 0 Å². The van der Waals surface area contributed by atoms with Crippen molar-refractivity contribution in [3.63, 3.8) is 0 Å². The molecular weight excluding hydrogens is 312 g/mol. The van der Waals surface area contributed by atoms with E-state index in [0.29, 0.717) is 6.54 Å². The van der Waals surface area contributed by atoms with Gasteiger partial charge in [0.05, 0.1) is 30.6 Å². The molecule has 3 rings (SSSR count). The van der Waals surface area contributed by atoms with Gasteiger partial charge in [-0.3, -0.25) is 9.97 Å². The second kappa shape index (κ2) is 7.85. The third kappa shape index (κ3) is 4.27. The maximum absolute atomic E-state index is 5.76. The van der Waals surface area contributed by atoms with E-state index in [-0.39, 0.29) is 6.10 Å². The first-order valence-corrected chi connectivity index (χ1v) is 8.83. The van der Waals surface area contributed by atoms with Gasteiger partial charge in [-0.2, -0.15) is 0 Å². The summed E-state index contributed by atoms with van der Waals surface area (Å²) in [7, 11) is 1.92. The Hall–Kier alpha value is -1.51. The molecule has 3 heterocycles. The van der Waals surface area contributed by atoms with Gasteiger partial charge in [0.2, 0.25) is 0 Å². The number of aromatic nitrogens is 5. The highest BCUT2D eigenvalue weighted by atomic mass is 32.2. The molecule has 8 heteroatoms. The summed E-state index contributed by atoms with van der Waals surface area (Å²) in [5.41, 5.74) is 1.87. The lowest BCUT2D eigenvalue weighted by molar-refractivity contribution is 0.0941. The Kier molecular flexibility index (Phi) is 5.58. The average Bonchev–Trinajstić information content (AvgIpc) is 3.19. The largest absolute Gasteiger partial charge is 0.376 e. The molecule has 1 N–H and O–H groups in total. The molecule has 1 saturated heterocycles. The van der Waals surface area contributed by atoms with Crippen LogP contribution in [-0.4, -0.2) is 44.5 Å². The normalized spacial score (nSPS) is 17.7. The smallest absolute Gasteiger partial charge is 0.191 e. The zero-order chi connectivity index (χ0) is 16.1. The first kappa shape index (κ1) is 16.4. The number of thioether (sulfide) groups is 1. The molecule has 1 atom stereocenters.